The van der Waals surface area contributed by atoms with Gasteiger partial charge in [0.15, 0.2) is 0 Å². The van der Waals surface area contributed by atoms with Gasteiger partial charge in [0.1, 0.15) is 23.4 Å². The minimum absolute atomic E-state index is 0.151. The summed E-state index contributed by atoms with van der Waals surface area (Å²) in [4.78, 5) is 0.356. The van der Waals surface area contributed by atoms with Crippen molar-refractivity contribution in [3.8, 4) is 12.1 Å². The van der Waals surface area contributed by atoms with Crippen LogP contribution in [-0.2, 0) is 0 Å². The fraction of sp³-hybridized carbons (Fsp3) is 0. The molecule has 2 rings (SSSR count). The summed E-state index contributed by atoms with van der Waals surface area (Å²) in [7, 11) is 0. The number of nitrogens with zero attached hydrogens (tertiary/aromatic N) is 4. The second kappa shape index (κ2) is 5.44. The van der Waals surface area contributed by atoms with E-state index in [2.05, 4.69) is 5.11 Å². The highest BCUT2D eigenvalue weighted by atomic mass is 16.5. The zero-order valence-electron chi connectivity index (χ0n) is 9.82. The summed E-state index contributed by atoms with van der Waals surface area (Å²) in [5.74, 6) is 0. The van der Waals surface area contributed by atoms with E-state index in [9.17, 15) is 5.21 Å². The van der Waals surface area contributed by atoms with Crippen molar-refractivity contribution in [2.45, 2.75) is 0 Å². The molecular weight excluding hydrogens is 240 g/mol. The third-order valence-corrected chi connectivity index (χ3v) is 2.45. The lowest BCUT2D eigenvalue weighted by Gasteiger charge is -2.01. The van der Waals surface area contributed by atoms with Crippen LogP contribution in [0.25, 0.3) is 0 Å². The molecule has 5 nitrogen and oxygen atoms in total. The molecule has 0 fully saturated rings. The molecule has 2 aromatic rings. The van der Waals surface area contributed by atoms with Crippen LogP contribution < -0.4 is 0 Å². The maximum atomic E-state index is 12.0. The lowest BCUT2D eigenvalue weighted by molar-refractivity contribution is -0.435. The average molecular weight is 248 g/mol. The van der Waals surface area contributed by atoms with Gasteiger partial charge < -0.3 is 5.21 Å². The van der Waals surface area contributed by atoms with E-state index >= 15 is 0 Å². The van der Waals surface area contributed by atoms with Gasteiger partial charge in [-0.1, -0.05) is 24.3 Å². The molecule has 0 bridgehead atoms. The summed E-state index contributed by atoms with van der Waals surface area (Å²) in [5, 5.41) is 33.6. The molecule has 0 saturated heterocycles. The van der Waals surface area contributed by atoms with Crippen LogP contribution in [0.4, 0.5) is 11.4 Å². The molecule has 0 amide bonds. The monoisotopic (exact) mass is 248 g/mol. The minimum atomic E-state index is 0.151. The highest BCUT2D eigenvalue weighted by Crippen LogP contribution is 2.23. The summed E-state index contributed by atoms with van der Waals surface area (Å²) >= 11 is 0. The van der Waals surface area contributed by atoms with Gasteiger partial charge in [0.25, 0.3) is 5.69 Å². The average Bonchev–Trinajstić information content (AvgIpc) is 2.47. The normalized spacial score (nSPS) is 10.5. The Morgan fingerprint density at radius 2 is 1.47 bits per heavy atom. The van der Waals surface area contributed by atoms with Gasteiger partial charge in [-0.2, -0.15) is 10.5 Å². The third-order valence-electron chi connectivity index (χ3n) is 2.45. The number of nitriles is 2. The number of hydrogen-bond donors (Lipinski definition) is 0. The predicted octanol–water partition coefficient (Wildman–Crippen LogP) is 3.36. The van der Waals surface area contributed by atoms with Crippen LogP contribution in [0.1, 0.15) is 11.1 Å². The van der Waals surface area contributed by atoms with Crippen molar-refractivity contribution in [2.24, 2.45) is 5.11 Å². The van der Waals surface area contributed by atoms with Gasteiger partial charge >= 0.3 is 0 Å². The molecular formula is C14H8N4O. The van der Waals surface area contributed by atoms with Crippen molar-refractivity contribution in [2.75, 3.05) is 0 Å². The Kier molecular flexibility index (Phi) is 3.51. The minimum Gasteiger partial charge on any atom is -0.594 e. The Balaban J connectivity index is 2.50. The second-order valence-corrected chi connectivity index (χ2v) is 3.63. The van der Waals surface area contributed by atoms with Gasteiger partial charge in [0.05, 0.1) is 5.56 Å². The standard InChI is InChI=1S/C14H8N4O/c15-9-11-5-1-3-7-13(11)17-18(19)14-8-4-2-6-12(14)10-16/h1-8H. The smallest absolute Gasteiger partial charge is 0.262 e. The molecule has 2 aromatic carbocycles. The number of hydrogen-bond acceptors (Lipinski definition) is 4. The first-order valence-electron chi connectivity index (χ1n) is 5.43. The van der Waals surface area contributed by atoms with Crippen LogP contribution in [0, 0.1) is 27.9 Å². The van der Waals surface area contributed by atoms with Crippen molar-refractivity contribution < 1.29 is 4.86 Å². The predicted molar refractivity (Wildman–Crippen MR) is 67.7 cm³/mol. The molecule has 0 aliphatic heterocycles. The van der Waals surface area contributed by atoms with Gasteiger partial charge in [-0.15, -0.1) is 0 Å². The molecule has 0 atom stereocenters. The van der Waals surface area contributed by atoms with E-state index in [1.54, 1.807) is 36.4 Å². The lowest BCUT2D eigenvalue weighted by atomic mass is 10.2. The molecule has 19 heavy (non-hydrogen) atoms. The maximum absolute atomic E-state index is 12.0. The number of rotatable bonds is 2. The molecule has 0 N–H and O–H groups in total. The number of azo groups is 1. The van der Waals surface area contributed by atoms with Crippen molar-refractivity contribution in [1.82, 2.24) is 0 Å². The molecule has 0 spiro atoms. The first kappa shape index (κ1) is 12.3. The number of benzene rings is 2. The van der Waals surface area contributed by atoms with Crippen LogP contribution in [-0.4, -0.2) is 4.86 Å². The van der Waals surface area contributed by atoms with Gasteiger partial charge in [-0.3, -0.25) is 0 Å². The quantitative estimate of drug-likeness (QED) is 0.464. The van der Waals surface area contributed by atoms with Crippen LogP contribution in [0.2, 0.25) is 0 Å². The van der Waals surface area contributed by atoms with E-state index in [0.29, 0.717) is 10.4 Å². The second-order valence-electron chi connectivity index (χ2n) is 3.63. The highest BCUT2D eigenvalue weighted by molar-refractivity contribution is 5.52. The molecule has 0 aromatic heterocycles. The Hall–Kier alpha value is -3.18. The largest absolute Gasteiger partial charge is 0.594 e. The number of para-hydroxylation sites is 1. The molecule has 0 aliphatic rings. The zero-order valence-corrected chi connectivity index (χ0v) is 9.82. The van der Waals surface area contributed by atoms with Gasteiger partial charge in [0, 0.05) is 11.2 Å². The fourth-order valence-corrected chi connectivity index (χ4v) is 1.54. The van der Waals surface area contributed by atoms with Crippen molar-refractivity contribution in [3.05, 3.63) is 64.9 Å². The van der Waals surface area contributed by atoms with E-state index in [-0.39, 0.29) is 16.9 Å². The molecule has 5 heteroatoms. The summed E-state index contributed by atoms with van der Waals surface area (Å²) in [6, 6.07) is 16.7. The first-order chi connectivity index (χ1) is 9.26. The SMILES string of the molecule is N#Cc1ccccc1N=[N+]([O-])c1ccccc1C#N. The Bertz CT molecular complexity index is 723. The van der Waals surface area contributed by atoms with Crippen molar-refractivity contribution in [3.63, 3.8) is 0 Å². The third kappa shape index (κ3) is 2.56. The summed E-state index contributed by atoms with van der Waals surface area (Å²) in [6.45, 7) is 0. The van der Waals surface area contributed by atoms with Gasteiger partial charge in [-0.25, -0.2) is 0 Å². The molecule has 90 valence electrons. The fourth-order valence-electron chi connectivity index (χ4n) is 1.54. The highest BCUT2D eigenvalue weighted by Gasteiger charge is 2.11. The summed E-state index contributed by atoms with van der Waals surface area (Å²) in [6.07, 6.45) is 0. The Labute approximate surface area is 109 Å². The van der Waals surface area contributed by atoms with Crippen LogP contribution in [0.5, 0.6) is 0 Å². The van der Waals surface area contributed by atoms with E-state index < -0.39 is 0 Å². The van der Waals surface area contributed by atoms with Gasteiger partial charge in [-0.05, 0) is 23.1 Å². The molecule has 0 aliphatic carbocycles. The van der Waals surface area contributed by atoms with E-state index in [4.69, 9.17) is 10.5 Å². The van der Waals surface area contributed by atoms with E-state index in [1.807, 2.05) is 12.1 Å². The van der Waals surface area contributed by atoms with Gasteiger partial charge in [0.2, 0.25) is 0 Å². The van der Waals surface area contributed by atoms with E-state index in [1.165, 1.54) is 12.1 Å². The molecule has 0 saturated carbocycles. The van der Waals surface area contributed by atoms with Crippen LogP contribution in [0.15, 0.2) is 53.6 Å². The van der Waals surface area contributed by atoms with Crippen molar-refractivity contribution >= 4 is 11.4 Å². The first-order valence-corrected chi connectivity index (χ1v) is 5.43. The molecule has 0 unspecified atom stereocenters. The molecule has 0 heterocycles. The lowest BCUT2D eigenvalue weighted by Crippen LogP contribution is -1.94. The maximum Gasteiger partial charge on any atom is 0.262 e. The Morgan fingerprint density at radius 1 is 0.895 bits per heavy atom. The van der Waals surface area contributed by atoms with Crippen LogP contribution >= 0.6 is 0 Å². The Morgan fingerprint density at radius 3 is 2.16 bits per heavy atom. The zero-order chi connectivity index (χ0) is 13.7. The summed E-state index contributed by atoms with van der Waals surface area (Å²) < 4.78 is 0. The van der Waals surface area contributed by atoms with E-state index in [0.717, 1.165) is 0 Å². The molecule has 0 radical (unpaired) electrons. The topological polar surface area (TPSA) is 86.0 Å². The van der Waals surface area contributed by atoms with Crippen LogP contribution in [0.3, 0.4) is 0 Å². The summed E-state index contributed by atoms with van der Waals surface area (Å²) in [5.41, 5.74) is 0.957. The van der Waals surface area contributed by atoms with Crippen molar-refractivity contribution in [1.29, 1.82) is 10.5 Å².